The van der Waals surface area contributed by atoms with Gasteiger partial charge < -0.3 is 16.3 Å². The molecule has 0 bridgehead atoms. The molecule has 0 amide bonds. The molecule has 0 aliphatic carbocycles. The van der Waals surface area contributed by atoms with Crippen molar-refractivity contribution in [2.75, 3.05) is 7.05 Å². The van der Waals surface area contributed by atoms with Crippen molar-refractivity contribution in [2.45, 2.75) is 39.7 Å². The lowest BCUT2D eigenvalue weighted by Crippen LogP contribution is -2.20. The van der Waals surface area contributed by atoms with Crippen molar-refractivity contribution in [3.8, 4) is 0 Å². The first-order chi connectivity index (χ1) is 5.31. The Morgan fingerprint density at radius 2 is 1.73 bits per heavy atom. The second-order valence-electron chi connectivity index (χ2n) is 1.59. The first-order valence-electron chi connectivity index (χ1n) is 4.10. The van der Waals surface area contributed by atoms with E-state index in [4.69, 9.17) is 5.73 Å². The average molecular weight is 162 g/mol. The van der Waals surface area contributed by atoms with Crippen molar-refractivity contribution in [3.05, 3.63) is 0 Å². The van der Waals surface area contributed by atoms with E-state index in [1.54, 1.807) is 0 Å². The smallest absolute Gasteiger partial charge is 0.136 e. The van der Waals surface area contributed by atoms with Crippen LogP contribution in [0.3, 0.4) is 0 Å². The zero-order valence-corrected chi connectivity index (χ0v) is 8.13. The summed E-state index contributed by atoms with van der Waals surface area (Å²) in [6, 6.07) is -0.231. The quantitative estimate of drug-likeness (QED) is 0.606. The lowest BCUT2D eigenvalue weighted by atomic mass is 10.2. The Morgan fingerprint density at radius 3 is 1.82 bits per heavy atom. The standard InChI is InChI=1S/C5H11NO.C2H6.CH5N/c1-2-3-5(6)4-7;2*1-2/h4-5H,2-3,6H2,1H3;1-2H3;2H2,1H3. The van der Waals surface area contributed by atoms with Crippen LogP contribution in [0.1, 0.15) is 33.6 Å². The van der Waals surface area contributed by atoms with Crippen molar-refractivity contribution in [2.24, 2.45) is 11.5 Å². The maximum absolute atomic E-state index is 9.77. The van der Waals surface area contributed by atoms with Crippen LogP contribution in [-0.4, -0.2) is 19.4 Å². The second kappa shape index (κ2) is 22.6. The molecule has 0 radical (unpaired) electrons. The lowest BCUT2D eigenvalue weighted by Gasteiger charge is -1.95. The number of carbonyl (C=O) groups excluding carboxylic acids is 1. The summed E-state index contributed by atoms with van der Waals surface area (Å²) in [4.78, 5) is 9.77. The van der Waals surface area contributed by atoms with Crippen LogP contribution in [0.25, 0.3) is 0 Å². The van der Waals surface area contributed by atoms with Crippen LogP contribution in [-0.2, 0) is 4.79 Å². The summed E-state index contributed by atoms with van der Waals surface area (Å²) in [6.07, 6.45) is 2.58. The van der Waals surface area contributed by atoms with Crippen molar-refractivity contribution in [3.63, 3.8) is 0 Å². The second-order valence-corrected chi connectivity index (χ2v) is 1.59. The third-order valence-corrected chi connectivity index (χ3v) is 0.797. The van der Waals surface area contributed by atoms with Gasteiger partial charge in [-0.05, 0) is 13.5 Å². The number of carbonyl (C=O) groups is 1. The van der Waals surface area contributed by atoms with Crippen molar-refractivity contribution >= 4 is 6.29 Å². The summed E-state index contributed by atoms with van der Waals surface area (Å²) in [5, 5.41) is 0. The first-order valence-corrected chi connectivity index (χ1v) is 4.10. The Kier molecular flexibility index (Phi) is 34.8. The zero-order chi connectivity index (χ0) is 9.70. The van der Waals surface area contributed by atoms with E-state index in [1.807, 2.05) is 20.8 Å². The minimum absolute atomic E-state index is 0.231. The molecule has 0 rings (SSSR count). The summed E-state index contributed by atoms with van der Waals surface area (Å²) in [7, 11) is 1.50. The summed E-state index contributed by atoms with van der Waals surface area (Å²) in [6.45, 7) is 6.00. The molecule has 0 aromatic rings. The molecule has 0 heterocycles. The summed E-state index contributed by atoms with van der Waals surface area (Å²) >= 11 is 0. The largest absolute Gasteiger partial charge is 0.333 e. The first kappa shape index (κ1) is 16.9. The molecule has 11 heavy (non-hydrogen) atoms. The van der Waals surface area contributed by atoms with Gasteiger partial charge >= 0.3 is 0 Å². The third kappa shape index (κ3) is 26.2. The average Bonchev–Trinajstić information content (AvgIpc) is 2.12. The van der Waals surface area contributed by atoms with E-state index in [1.165, 1.54) is 7.05 Å². The number of hydrogen-bond acceptors (Lipinski definition) is 3. The molecule has 1 atom stereocenters. The molecule has 1 unspecified atom stereocenters. The highest BCUT2D eigenvalue weighted by atomic mass is 16.1. The molecule has 0 aromatic carbocycles. The summed E-state index contributed by atoms with van der Waals surface area (Å²) < 4.78 is 0. The highest BCUT2D eigenvalue weighted by Crippen LogP contribution is 1.87. The molecule has 70 valence electrons. The van der Waals surface area contributed by atoms with Gasteiger partial charge in [0.15, 0.2) is 0 Å². The maximum Gasteiger partial charge on any atom is 0.136 e. The predicted octanol–water partition coefficient (Wildman–Crippen LogP) is 0.914. The fourth-order valence-electron chi connectivity index (χ4n) is 0.401. The zero-order valence-electron chi connectivity index (χ0n) is 8.13. The van der Waals surface area contributed by atoms with E-state index < -0.39 is 0 Å². The maximum atomic E-state index is 9.77. The Balaban J connectivity index is -0.000000138. The van der Waals surface area contributed by atoms with Gasteiger partial charge in [0.2, 0.25) is 0 Å². The highest BCUT2D eigenvalue weighted by molar-refractivity contribution is 5.56. The third-order valence-electron chi connectivity index (χ3n) is 0.797. The van der Waals surface area contributed by atoms with Gasteiger partial charge in [-0.15, -0.1) is 0 Å². The van der Waals surface area contributed by atoms with Gasteiger partial charge in [-0.3, -0.25) is 0 Å². The SMILES string of the molecule is CC.CCCC(N)C=O.CN. The molecule has 0 aliphatic rings. The Labute approximate surface area is 70.1 Å². The van der Waals surface area contributed by atoms with Gasteiger partial charge in [0.25, 0.3) is 0 Å². The molecule has 0 saturated heterocycles. The van der Waals surface area contributed by atoms with Crippen LogP contribution in [0.4, 0.5) is 0 Å². The number of nitrogens with two attached hydrogens (primary N) is 2. The molecular weight excluding hydrogens is 140 g/mol. The lowest BCUT2D eigenvalue weighted by molar-refractivity contribution is -0.109. The van der Waals surface area contributed by atoms with Gasteiger partial charge in [-0.2, -0.15) is 0 Å². The number of rotatable bonds is 3. The van der Waals surface area contributed by atoms with E-state index >= 15 is 0 Å². The molecule has 0 spiro atoms. The fourth-order valence-corrected chi connectivity index (χ4v) is 0.401. The van der Waals surface area contributed by atoms with Crippen LogP contribution >= 0.6 is 0 Å². The topological polar surface area (TPSA) is 69.1 Å². The van der Waals surface area contributed by atoms with Gasteiger partial charge in [0, 0.05) is 0 Å². The van der Waals surface area contributed by atoms with Gasteiger partial charge in [0.05, 0.1) is 6.04 Å². The van der Waals surface area contributed by atoms with Gasteiger partial charge in [0.1, 0.15) is 6.29 Å². The predicted molar refractivity (Wildman–Crippen MR) is 50.4 cm³/mol. The van der Waals surface area contributed by atoms with Crippen LogP contribution < -0.4 is 11.5 Å². The normalized spacial score (nSPS) is 9.64. The Bertz CT molecular complexity index is 58.1. The Morgan fingerprint density at radius 1 is 1.36 bits per heavy atom. The number of hydrogen-bond donors (Lipinski definition) is 2. The van der Waals surface area contributed by atoms with Crippen LogP contribution in [0.5, 0.6) is 0 Å². The van der Waals surface area contributed by atoms with E-state index in [0.29, 0.717) is 0 Å². The molecule has 3 nitrogen and oxygen atoms in total. The monoisotopic (exact) mass is 162 g/mol. The minimum atomic E-state index is -0.231. The van der Waals surface area contributed by atoms with Gasteiger partial charge in [-0.25, -0.2) is 0 Å². The molecule has 0 aromatic heterocycles. The van der Waals surface area contributed by atoms with Crippen molar-refractivity contribution < 1.29 is 4.79 Å². The van der Waals surface area contributed by atoms with Crippen LogP contribution in [0.2, 0.25) is 0 Å². The molecule has 0 saturated carbocycles. The highest BCUT2D eigenvalue weighted by Gasteiger charge is 1.93. The van der Waals surface area contributed by atoms with Gasteiger partial charge in [-0.1, -0.05) is 27.2 Å². The summed E-state index contributed by atoms with van der Waals surface area (Å²) in [5.41, 5.74) is 9.72. The van der Waals surface area contributed by atoms with E-state index in [-0.39, 0.29) is 6.04 Å². The molecule has 3 heteroatoms. The van der Waals surface area contributed by atoms with E-state index in [0.717, 1.165) is 19.1 Å². The molecule has 0 aliphatic heterocycles. The van der Waals surface area contributed by atoms with Crippen LogP contribution in [0.15, 0.2) is 0 Å². The number of aldehydes is 1. The van der Waals surface area contributed by atoms with E-state index in [2.05, 4.69) is 5.73 Å². The van der Waals surface area contributed by atoms with Crippen molar-refractivity contribution in [1.29, 1.82) is 0 Å². The molecule has 4 N–H and O–H groups in total. The molecule has 0 fully saturated rings. The van der Waals surface area contributed by atoms with Crippen molar-refractivity contribution in [1.82, 2.24) is 0 Å². The van der Waals surface area contributed by atoms with E-state index in [9.17, 15) is 4.79 Å². The summed E-state index contributed by atoms with van der Waals surface area (Å²) in [5.74, 6) is 0. The molecular formula is C8H22N2O. The van der Waals surface area contributed by atoms with Crippen LogP contribution in [0, 0.1) is 0 Å². The fraction of sp³-hybridized carbons (Fsp3) is 0.875. The minimum Gasteiger partial charge on any atom is -0.333 e. The Hall–Kier alpha value is -0.410.